The van der Waals surface area contributed by atoms with Crippen molar-refractivity contribution in [3.63, 3.8) is 0 Å². The molecule has 3 nitrogen and oxygen atoms in total. The molecule has 5 heteroatoms. The van der Waals surface area contributed by atoms with Crippen LogP contribution in [0, 0.1) is 0 Å². The quantitative estimate of drug-likeness (QED) is 0.889. The summed E-state index contributed by atoms with van der Waals surface area (Å²) in [5.74, 6) is -0.0608. The first-order valence-electron chi connectivity index (χ1n) is 5.49. The van der Waals surface area contributed by atoms with Crippen LogP contribution in [0.2, 0.25) is 0 Å². The first-order chi connectivity index (χ1) is 8.63. The predicted octanol–water partition coefficient (Wildman–Crippen LogP) is 4.08. The van der Waals surface area contributed by atoms with Crippen LogP contribution in [-0.2, 0) is 11.3 Å². The molecule has 0 aliphatic carbocycles. The third-order valence-electron chi connectivity index (χ3n) is 2.28. The third kappa shape index (κ3) is 3.85. The molecule has 0 atom stereocenters. The van der Waals surface area contributed by atoms with Gasteiger partial charge in [-0.2, -0.15) is 0 Å². The number of hydrogen-bond donors (Lipinski definition) is 2. The van der Waals surface area contributed by atoms with Crippen molar-refractivity contribution in [2.45, 2.75) is 13.5 Å². The van der Waals surface area contributed by atoms with Gasteiger partial charge in [-0.25, -0.2) is 0 Å². The number of nitrogens with one attached hydrogen (secondary N) is 2. The Morgan fingerprint density at radius 3 is 2.72 bits per heavy atom. The number of amides is 1. The maximum atomic E-state index is 11.0. The Morgan fingerprint density at radius 1 is 1.28 bits per heavy atom. The van der Waals surface area contributed by atoms with E-state index in [0.717, 1.165) is 21.7 Å². The van der Waals surface area contributed by atoms with Crippen LogP contribution < -0.4 is 10.6 Å². The van der Waals surface area contributed by atoms with Crippen LogP contribution in [0.1, 0.15) is 11.8 Å². The van der Waals surface area contributed by atoms with E-state index < -0.39 is 0 Å². The van der Waals surface area contributed by atoms with Gasteiger partial charge in [-0.15, -0.1) is 11.3 Å². The summed E-state index contributed by atoms with van der Waals surface area (Å²) in [5.41, 5.74) is 1.80. The van der Waals surface area contributed by atoms with Crippen molar-refractivity contribution in [1.82, 2.24) is 0 Å². The number of anilines is 2. The van der Waals surface area contributed by atoms with E-state index in [1.54, 1.807) is 11.3 Å². The van der Waals surface area contributed by atoms with Gasteiger partial charge in [-0.05, 0) is 46.3 Å². The van der Waals surface area contributed by atoms with Crippen LogP contribution in [0.3, 0.4) is 0 Å². The fraction of sp³-hybridized carbons (Fsp3) is 0.154. The molecule has 2 N–H and O–H groups in total. The molecular formula is C13H13BrN2OS. The molecule has 0 aliphatic heterocycles. The molecule has 0 bridgehead atoms. The standard InChI is InChI=1S/C13H13BrN2OS/c1-9(17)16-11-4-2-3-10(7-11)15-8-12-5-6-13(14)18-12/h2-7,15H,8H2,1H3,(H,16,17). The van der Waals surface area contributed by atoms with Gasteiger partial charge in [0, 0.05) is 29.7 Å². The molecule has 18 heavy (non-hydrogen) atoms. The Labute approximate surface area is 118 Å². The lowest BCUT2D eigenvalue weighted by molar-refractivity contribution is -0.114. The SMILES string of the molecule is CC(=O)Nc1cccc(NCc2ccc(Br)s2)c1. The summed E-state index contributed by atoms with van der Waals surface area (Å²) < 4.78 is 1.13. The van der Waals surface area contributed by atoms with Gasteiger partial charge in [0.1, 0.15) is 0 Å². The lowest BCUT2D eigenvalue weighted by Gasteiger charge is -2.07. The van der Waals surface area contributed by atoms with Crippen LogP contribution >= 0.6 is 27.3 Å². The van der Waals surface area contributed by atoms with E-state index in [9.17, 15) is 4.79 Å². The summed E-state index contributed by atoms with van der Waals surface area (Å²) >= 11 is 5.15. The first-order valence-corrected chi connectivity index (χ1v) is 7.10. The summed E-state index contributed by atoms with van der Waals surface area (Å²) in [4.78, 5) is 12.2. The minimum atomic E-state index is -0.0608. The lowest BCUT2D eigenvalue weighted by Crippen LogP contribution is -2.06. The van der Waals surface area contributed by atoms with Crippen molar-refractivity contribution in [3.8, 4) is 0 Å². The molecule has 0 spiro atoms. The van der Waals surface area contributed by atoms with Crippen molar-refractivity contribution in [3.05, 3.63) is 45.1 Å². The number of benzene rings is 1. The molecule has 1 aromatic heterocycles. The minimum Gasteiger partial charge on any atom is -0.380 e. The molecule has 2 aromatic rings. The topological polar surface area (TPSA) is 41.1 Å². The smallest absolute Gasteiger partial charge is 0.221 e. The van der Waals surface area contributed by atoms with Gasteiger partial charge < -0.3 is 10.6 Å². The average Bonchev–Trinajstić information content (AvgIpc) is 2.72. The van der Waals surface area contributed by atoms with Gasteiger partial charge in [0.15, 0.2) is 0 Å². The zero-order chi connectivity index (χ0) is 13.0. The highest BCUT2D eigenvalue weighted by molar-refractivity contribution is 9.11. The van der Waals surface area contributed by atoms with Crippen molar-refractivity contribution >= 4 is 44.5 Å². The molecule has 0 fully saturated rings. The van der Waals surface area contributed by atoms with E-state index in [1.807, 2.05) is 30.3 Å². The molecule has 0 unspecified atom stereocenters. The largest absolute Gasteiger partial charge is 0.380 e. The average molecular weight is 325 g/mol. The van der Waals surface area contributed by atoms with E-state index in [0.29, 0.717) is 0 Å². The highest BCUT2D eigenvalue weighted by atomic mass is 79.9. The summed E-state index contributed by atoms with van der Waals surface area (Å²) in [6.07, 6.45) is 0. The van der Waals surface area contributed by atoms with E-state index in [2.05, 4.69) is 32.6 Å². The summed E-state index contributed by atoms with van der Waals surface area (Å²) in [6.45, 7) is 2.28. The number of hydrogen-bond acceptors (Lipinski definition) is 3. The van der Waals surface area contributed by atoms with Crippen LogP contribution in [0.25, 0.3) is 0 Å². The fourth-order valence-electron chi connectivity index (χ4n) is 1.55. The lowest BCUT2D eigenvalue weighted by atomic mass is 10.2. The molecule has 0 saturated heterocycles. The molecule has 0 aliphatic rings. The van der Waals surface area contributed by atoms with Gasteiger partial charge in [-0.3, -0.25) is 4.79 Å². The van der Waals surface area contributed by atoms with Crippen LogP contribution in [0.15, 0.2) is 40.2 Å². The number of halogens is 1. The Morgan fingerprint density at radius 2 is 2.06 bits per heavy atom. The van der Waals surface area contributed by atoms with E-state index in [1.165, 1.54) is 11.8 Å². The van der Waals surface area contributed by atoms with Gasteiger partial charge in [0.25, 0.3) is 0 Å². The van der Waals surface area contributed by atoms with Crippen LogP contribution in [-0.4, -0.2) is 5.91 Å². The van der Waals surface area contributed by atoms with Crippen molar-refractivity contribution < 1.29 is 4.79 Å². The van der Waals surface area contributed by atoms with E-state index in [-0.39, 0.29) is 5.91 Å². The van der Waals surface area contributed by atoms with Gasteiger partial charge >= 0.3 is 0 Å². The van der Waals surface area contributed by atoms with E-state index >= 15 is 0 Å². The second-order valence-electron chi connectivity index (χ2n) is 3.82. The molecule has 1 heterocycles. The predicted molar refractivity (Wildman–Crippen MR) is 80.1 cm³/mol. The number of carbonyl (C=O) groups excluding carboxylic acids is 1. The Hall–Kier alpha value is -1.33. The highest BCUT2D eigenvalue weighted by Gasteiger charge is 2.00. The Kier molecular flexibility index (Phi) is 4.38. The fourth-order valence-corrected chi connectivity index (χ4v) is 2.97. The van der Waals surface area contributed by atoms with E-state index in [4.69, 9.17) is 0 Å². The first kappa shape index (κ1) is 13.1. The summed E-state index contributed by atoms with van der Waals surface area (Å²) in [6, 6.07) is 11.8. The summed E-state index contributed by atoms with van der Waals surface area (Å²) in [5, 5.41) is 6.09. The van der Waals surface area contributed by atoms with Crippen LogP contribution in [0.5, 0.6) is 0 Å². The van der Waals surface area contributed by atoms with Gasteiger partial charge in [-0.1, -0.05) is 6.07 Å². The number of rotatable bonds is 4. The normalized spacial score (nSPS) is 10.1. The number of thiophene rings is 1. The zero-order valence-electron chi connectivity index (χ0n) is 9.87. The molecule has 1 aromatic carbocycles. The molecule has 94 valence electrons. The van der Waals surface area contributed by atoms with Crippen molar-refractivity contribution in [1.29, 1.82) is 0 Å². The van der Waals surface area contributed by atoms with Gasteiger partial charge in [0.05, 0.1) is 3.79 Å². The maximum Gasteiger partial charge on any atom is 0.221 e. The molecule has 0 radical (unpaired) electrons. The third-order valence-corrected chi connectivity index (χ3v) is 3.90. The molecular weight excluding hydrogens is 312 g/mol. The van der Waals surface area contributed by atoms with Crippen molar-refractivity contribution in [2.75, 3.05) is 10.6 Å². The number of carbonyl (C=O) groups is 1. The van der Waals surface area contributed by atoms with Crippen LogP contribution in [0.4, 0.5) is 11.4 Å². The molecule has 1 amide bonds. The Balaban J connectivity index is 1.98. The molecule has 0 saturated carbocycles. The second-order valence-corrected chi connectivity index (χ2v) is 6.37. The summed E-state index contributed by atoms with van der Waals surface area (Å²) in [7, 11) is 0. The highest BCUT2D eigenvalue weighted by Crippen LogP contribution is 2.23. The monoisotopic (exact) mass is 324 g/mol. The Bertz CT molecular complexity index is 553. The van der Waals surface area contributed by atoms with Gasteiger partial charge in [0.2, 0.25) is 5.91 Å². The zero-order valence-corrected chi connectivity index (χ0v) is 12.3. The minimum absolute atomic E-state index is 0.0608. The second kappa shape index (κ2) is 6.02. The molecule has 2 rings (SSSR count). The van der Waals surface area contributed by atoms with Crippen molar-refractivity contribution in [2.24, 2.45) is 0 Å². The maximum absolute atomic E-state index is 11.0.